The van der Waals surface area contributed by atoms with Crippen molar-refractivity contribution >= 4 is 14.6 Å². The molecule has 0 aromatic rings. The third-order valence-corrected chi connectivity index (χ3v) is 7.34. The molecule has 0 aliphatic heterocycles. The van der Waals surface area contributed by atoms with Crippen molar-refractivity contribution in [2.75, 3.05) is 25.2 Å². The highest BCUT2D eigenvalue weighted by atomic mass is 31.2. The molecule has 0 heterocycles. The molecule has 0 spiro atoms. The van der Waals surface area contributed by atoms with Crippen LogP contribution in [0.15, 0.2) is 0 Å². The molecule has 0 bridgehead atoms. The zero-order valence-electron chi connectivity index (χ0n) is 13.4. The second kappa shape index (κ2) is 16.4. The lowest BCUT2D eigenvalue weighted by molar-refractivity contribution is -0.242. The third kappa shape index (κ3) is 20.8. The Bertz CT molecular complexity index is 149. The van der Waals surface area contributed by atoms with Crippen molar-refractivity contribution in [3.8, 4) is 0 Å². The van der Waals surface area contributed by atoms with E-state index in [1.165, 1.54) is 38.5 Å². The van der Waals surface area contributed by atoms with Gasteiger partial charge in [0, 0.05) is 13.9 Å². The SMILES string of the molecule is CCCC[P+](C)(CCCC)CCCC.N.[O-]B(O)O. The molecule has 0 amide bonds. The van der Waals surface area contributed by atoms with Gasteiger partial charge in [-0.1, -0.05) is 40.0 Å². The molecule has 6 heteroatoms. The van der Waals surface area contributed by atoms with Gasteiger partial charge in [-0.25, -0.2) is 0 Å². The zero-order chi connectivity index (χ0) is 14.4. The first kappa shape index (κ1) is 24.4. The van der Waals surface area contributed by atoms with Crippen molar-refractivity contribution in [1.82, 2.24) is 6.15 Å². The molecule has 0 rings (SSSR count). The summed E-state index contributed by atoms with van der Waals surface area (Å²) < 4.78 is 0. The summed E-state index contributed by atoms with van der Waals surface area (Å²) in [6.45, 7) is 9.59. The summed E-state index contributed by atoms with van der Waals surface area (Å²) in [5.41, 5.74) is 0. The number of hydrogen-bond donors (Lipinski definition) is 3. The number of rotatable bonds is 9. The van der Waals surface area contributed by atoms with E-state index in [2.05, 4.69) is 27.4 Å². The minimum absolute atomic E-state index is 0. The first-order valence-corrected chi connectivity index (χ1v) is 10.1. The van der Waals surface area contributed by atoms with Gasteiger partial charge in [-0.15, -0.1) is 0 Å². The fourth-order valence-corrected chi connectivity index (χ4v) is 5.86. The Kier molecular flexibility index (Phi) is 21.0. The largest absolute Gasteiger partial charge is 0.832 e. The predicted molar refractivity (Wildman–Crippen MR) is 87.4 cm³/mol. The van der Waals surface area contributed by atoms with Crippen molar-refractivity contribution in [3.05, 3.63) is 0 Å². The van der Waals surface area contributed by atoms with Crippen LogP contribution in [0.3, 0.4) is 0 Å². The fourth-order valence-electron chi connectivity index (χ4n) is 1.95. The van der Waals surface area contributed by atoms with Crippen LogP contribution in [0.4, 0.5) is 0 Å². The summed E-state index contributed by atoms with van der Waals surface area (Å²) in [4.78, 5) is 0. The second-order valence-corrected chi connectivity index (χ2v) is 9.76. The Morgan fingerprint density at radius 2 is 1.05 bits per heavy atom. The molecule has 0 atom stereocenters. The highest BCUT2D eigenvalue weighted by molar-refractivity contribution is 7.75. The summed E-state index contributed by atoms with van der Waals surface area (Å²) >= 11 is 0. The van der Waals surface area contributed by atoms with E-state index in [9.17, 15) is 0 Å². The molecular formula is C13H35BNO3P. The maximum Gasteiger partial charge on any atom is 0.339 e. The van der Waals surface area contributed by atoms with E-state index < -0.39 is 14.6 Å². The molecule has 19 heavy (non-hydrogen) atoms. The van der Waals surface area contributed by atoms with Crippen LogP contribution >= 0.6 is 7.26 Å². The van der Waals surface area contributed by atoms with Crippen LogP contribution in [-0.2, 0) is 0 Å². The van der Waals surface area contributed by atoms with E-state index in [0.717, 1.165) is 0 Å². The van der Waals surface area contributed by atoms with Gasteiger partial charge in [0.2, 0.25) is 0 Å². The third-order valence-electron chi connectivity index (χ3n) is 3.15. The maximum absolute atomic E-state index is 8.64. The second-order valence-electron chi connectivity index (χ2n) is 5.18. The maximum atomic E-state index is 8.64. The Morgan fingerprint density at radius 1 is 0.842 bits per heavy atom. The number of hydrogen-bond acceptors (Lipinski definition) is 4. The lowest BCUT2D eigenvalue weighted by atomic mass is 10.3. The van der Waals surface area contributed by atoms with Gasteiger partial charge < -0.3 is 21.2 Å². The Balaban J connectivity index is -0.000000448. The molecule has 0 fully saturated rings. The van der Waals surface area contributed by atoms with Gasteiger partial charge in [0.1, 0.15) is 0 Å². The molecular weight excluding hydrogens is 260 g/mol. The van der Waals surface area contributed by atoms with Gasteiger partial charge in [-0.2, -0.15) is 0 Å². The normalized spacial score (nSPS) is 10.3. The predicted octanol–water partition coefficient (Wildman–Crippen LogP) is 2.51. The van der Waals surface area contributed by atoms with Gasteiger partial charge in [-0.3, -0.25) is 0 Å². The summed E-state index contributed by atoms with van der Waals surface area (Å²) in [5, 5.41) is 22.8. The van der Waals surface area contributed by atoms with E-state index in [-0.39, 0.29) is 6.15 Å². The number of unbranched alkanes of at least 4 members (excludes halogenated alkanes) is 3. The van der Waals surface area contributed by atoms with Gasteiger partial charge in [0.15, 0.2) is 0 Å². The van der Waals surface area contributed by atoms with Crippen LogP contribution in [-0.4, -0.2) is 42.5 Å². The minimum Gasteiger partial charge on any atom is -0.832 e. The first-order chi connectivity index (χ1) is 8.41. The van der Waals surface area contributed by atoms with Gasteiger partial charge in [0.25, 0.3) is 0 Å². The standard InChI is InChI=1S/C13H30P.BH2O3.H3N/c1-5-8-11-14(4,12-9-6-2)13-10-7-3;2-1(3)4;/h5-13H2,1-4H3;2-3H;1H3/q+1;-1;. The van der Waals surface area contributed by atoms with Crippen LogP contribution in [0.5, 0.6) is 0 Å². The highest BCUT2D eigenvalue weighted by Gasteiger charge is 2.28. The van der Waals surface area contributed by atoms with Crippen LogP contribution in [0, 0.1) is 0 Å². The van der Waals surface area contributed by atoms with E-state index in [1.807, 2.05) is 0 Å². The Morgan fingerprint density at radius 3 is 1.21 bits per heavy atom. The molecule has 0 aliphatic rings. The molecule has 0 saturated carbocycles. The van der Waals surface area contributed by atoms with Crippen molar-refractivity contribution in [2.24, 2.45) is 0 Å². The van der Waals surface area contributed by atoms with Crippen molar-refractivity contribution in [2.45, 2.75) is 59.3 Å². The quantitative estimate of drug-likeness (QED) is 0.449. The van der Waals surface area contributed by atoms with Gasteiger partial charge in [-0.05, 0) is 19.3 Å². The van der Waals surface area contributed by atoms with Crippen LogP contribution < -0.4 is 11.2 Å². The lowest BCUT2D eigenvalue weighted by Gasteiger charge is -2.22. The van der Waals surface area contributed by atoms with Crippen molar-refractivity contribution < 1.29 is 15.1 Å². The summed E-state index contributed by atoms with van der Waals surface area (Å²) in [6.07, 6.45) is 13.2. The van der Waals surface area contributed by atoms with E-state index in [1.54, 1.807) is 18.5 Å². The molecule has 0 aliphatic carbocycles. The van der Waals surface area contributed by atoms with Crippen LogP contribution in [0.2, 0.25) is 0 Å². The lowest BCUT2D eigenvalue weighted by Crippen LogP contribution is -2.29. The average Bonchev–Trinajstić information content (AvgIpc) is 2.31. The molecule has 0 saturated heterocycles. The van der Waals surface area contributed by atoms with Crippen LogP contribution in [0.25, 0.3) is 0 Å². The summed E-state index contributed by atoms with van der Waals surface area (Å²) in [6, 6.07) is 0. The fraction of sp³-hybridized carbons (Fsp3) is 1.00. The molecule has 4 nitrogen and oxygen atoms in total. The van der Waals surface area contributed by atoms with E-state index >= 15 is 0 Å². The first-order valence-electron chi connectivity index (χ1n) is 7.27. The molecule has 0 radical (unpaired) electrons. The molecule has 0 unspecified atom stereocenters. The van der Waals surface area contributed by atoms with Gasteiger partial charge >= 0.3 is 7.32 Å². The summed E-state index contributed by atoms with van der Waals surface area (Å²) in [5.74, 6) is 0. The minimum atomic E-state index is -2.42. The highest BCUT2D eigenvalue weighted by Crippen LogP contribution is 2.57. The molecule has 0 aromatic carbocycles. The smallest absolute Gasteiger partial charge is 0.339 e. The van der Waals surface area contributed by atoms with E-state index in [4.69, 9.17) is 15.1 Å². The summed E-state index contributed by atoms with van der Waals surface area (Å²) in [7, 11) is -2.94. The monoisotopic (exact) mass is 295 g/mol. The van der Waals surface area contributed by atoms with Crippen LogP contribution in [0.1, 0.15) is 59.3 Å². The van der Waals surface area contributed by atoms with Crippen molar-refractivity contribution in [1.29, 1.82) is 0 Å². The van der Waals surface area contributed by atoms with Crippen molar-refractivity contribution in [3.63, 3.8) is 0 Å². The van der Waals surface area contributed by atoms with E-state index in [0.29, 0.717) is 0 Å². The Hall–Kier alpha value is 0.335. The zero-order valence-corrected chi connectivity index (χ0v) is 14.3. The molecule has 5 N–H and O–H groups in total. The molecule has 0 aromatic heterocycles. The average molecular weight is 295 g/mol. The Labute approximate surface area is 121 Å². The van der Waals surface area contributed by atoms with Gasteiger partial charge in [0.05, 0.1) is 18.5 Å². The molecule has 118 valence electrons. The topological polar surface area (TPSA) is 98.5 Å².